The average molecular weight is 369 g/mol. The molecule has 0 spiro atoms. The molecule has 4 nitrogen and oxygen atoms in total. The Labute approximate surface area is 163 Å². The van der Waals surface area contributed by atoms with Crippen LogP contribution in [0.5, 0.6) is 5.75 Å². The van der Waals surface area contributed by atoms with Gasteiger partial charge in [-0.2, -0.15) is 0 Å². The van der Waals surface area contributed by atoms with Crippen LogP contribution in [0.3, 0.4) is 0 Å². The highest BCUT2D eigenvalue weighted by Gasteiger charge is 2.13. The van der Waals surface area contributed by atoms with E-state index >= 15 is 0 Å². The van der Waals surface area contributed by atoms with Crippen molar-refractivity contribution in [1.29, 1.82) is 0 Å². The second-order valence-corrected chi connectivity index (χ2v) is 7.99. The van der Waals surface area contributed by atoms with E-state index in [4.69, 9.17) is 4.74 Å². The fourth-order valence-corrected chi connectivity index (χ4v) is 2.87. The highest BCUT2D eigenvalue weighted by molar-refractivity contribution is 5.93. The van der Waals surface area contributed by atoms with Gasteiger partial charge in [-0.3, -0.25) is 4.79 Å². The van der Waals surface area contributed by atoms with Gasteiger partial charge in [0.05, 0.1) is 6.61 Å². The zero-order chi connectivity index (χ0) is 19.9. The maximum Gasteiger partial charge on any atom is 0.251 e. The SMILES string of the molecule is CNC(=O)c1ccc(CN(C)CCCOc2ccc(C(C)(C)C)cc2)cc1. The van der Waals surface area contributed by atoms with Gasteiger partial charge in [-0.25, -0.2) is 0 Å². The summed E-state index contributed by atoms with van der Waals surface area (Å²) in [4.78, 5) is 13.8. The van der Waals surface area contributed by atoms with Gasteiger partial charge < -0.3 is 15.0 Å². The van der Waals surface area contributed by atoms with Crippen LogP contribution in [-0.2, 0) is 12.0 Å². The van der Waals surface area contributed by atoms with E-state index < -0.39 is 0 Å². The Kier molecular flexibility index (Phi) is 7.43. The summed E-state index contributed by atoms with van der Waals surface area (Å²) in [6, 6.07) is 16.1. The largest absolute Gasteiger partial charge is 0.494 e. The van der Waals surface area contributed by atoms with E-state index in [1.165, 1.54) is 11.1 Å². The molecule has 0 saturated heterocycles. The average Bonchev–Trinajstić information content (AvgIpc) is 2.65. The standard InChI is InChI=1S/C23H32N2O2/c1-23(2,3)20-11-13-21(14-12-20)27-16-6-15-25(5)17-18-7-9-19(10-8-18)22(26)24-4/h7-14H,6,15-17H2,1-5H3,(H,24,26). The first-order chi connectivity index (χ1) is 12.8. The van der Waals surface area contributed by atoms with Crippen molar-refractivity contribution in [3.05, 3.63) is 65.2 Å². The smallest absolute Gasteiger partial charge is 0.251 e. The van der Waals surface area contributed by atoms with Gasteiger partial charge in [-0.15, -0.1) is 0 Å². The lowest BCUT2D eigenvalue weighted by molar-refractivity contribution is 0.0963. The zero-order valence-corrected chi connectivity index (χ0v) is 17.2. The third-order valence-corrected chi connectivity index (χ3v) is 4.57. The highest BCUT2D eigenvalue weighted by Crippen LogP contribution is 2.24. The maximum atomic E-state index is 11.6. The third kappa shape index (κ3) is 6.72. The zero-order valence-electron chi connectivity index (χ0n) is 17.2. The van der Waals surface area contributed by atoms with Crippen LogP contribution in [0.2, 0.25) is 0 Å². The number of ether oxygens (including phenoxy) is 1. The first-order valence-corrected chi connectivity index (χ1v) is 9.52. The Hall–Kier alpha value is -2.33. The van der Waals surface area contributed by atoms with E-state index in [2.05, 4.69) is 62.3 Å². The Morgan fingerprint density at radius 1 is 1.04 bits per heavy atom. The molecule has 0 radical (unpaired) electrons. The Bertz CT molecular complexity index is 716. The van der Waals surface area contributed by atoms with Gasteiger partial charge in [-0.05, 0) is 54.3 Å². The van der Waals surface area contributed by atoms with E-state index in [0.29, 0.717) is 12.2 Å². The molecule has 0 atom stereocenters. The summed E-state index contributed by atoms with van der Waals surface area (Å²) in [5.41, 5.74) is 3.37. The number of hydrogen-bond acceptors (Lipinski definition) is 3. The van der Waals surface area contributed by atoms with Crippen molar-refractivity contribution in [3.63, 3.8) is 0 Å². The van der Waals surface area contributed by atoms with Crippen LogP contribution < -0.4 is 10.1 Å². The molecular formula is C23H32N2O2. The van der Waals surface area contributed by atoms with Crippen LogP contribution in [0.25, 0.3) is 0 Å². The van der Waals surface area contributed by atoms with Crippen LogP contribution in [0.4, 0.5) is 0 Å². The molecule has 1 N–H and O–H groups in total. The molecule has 1 amide bonds. The lowest BCUT2D eigenvalue weighted by Crippen LogP contribution is -2.21. The van der Waals surface area contributed by atoms with Gasteiger partial charge in [0.2, 0.25) is 0 Å². The van der Waals surface area contributed by atoms with Crippen molar-refractivity contribution in [2.45, 2.75) is 39.2 Å². The second-order valence-electron chi connectivity index (χ2n) is 7.99. The highest BCUT2D eigenvalue weighted by atomic mass is 16.5. The number of nitrogens with one attached hydrogen (secondary N) is 1. The summed E-state index contributed by atoms with van der Waals surface area (Å²) in [7, 11) is 3.75. The van der Waals surface area contributed by atoms with Gasteiger partial charge in [0.1, 0.15) is 5.75 Å². The molecule has 2 aromatic rings. The number of hydrogen-bond donors (Lipinski definition) is 1. The number of amides is 1. The molecule has 0 bridgehead atoms. The van der Waals surface area contributed by atoms with Crippen LogP contribution in [0.15, 0.2) is 48.5 Å². The molecule has 2 aromatic carbocycles. The number of carbonyl (C=O) groups is 1. The summed E-state index contributed by atoms with van der Waals surface area (Å²) >= 11 is 0. The summed E-state index contributed by atoms with van der Waals surface area (Å²) < 4.78 is 5.86. The fourth-order valence-electron chi connectivity index (χ4n) is 2.87. The Morgan fingerprint density at radius 2 is 1.67 bits per heavy atom. The monoisotopic (exact) mass is 368 g/mol. The Morgan fingerprint density at radius 3 is 2.22 bits per heavy atom. The Balaban J connectivity index is 1.71. The van der Waals surface area contributed by atoms with E-state index in [0.717, 1.165) is 25.3 Å². The van der Waals surface area contributed by atoms with Crippen molar-refractivity contribution in [3.8, 4) is 5.75 Å². The van der Waals surface area contributed by atoms with Crippen LogP contribution >= 0.6 is 0 Å². The summed E-state index contributed by atoms with van der Waals surface area (Å²) in [5.74, 6) is 0.873. The molecule has 2 rings (SSSR count). The number of nitrogens with zero attached hydrogens (tertiary/aromatic N) is 1. The quantitative estimate of drug-likeness (QED) is 0.709. The van der Waals surface area contributed by atoms with Crippen LogP contribution in [0, 0.1) is 0 Å². The lowest BCUT2D eigenvalue weighted by Gasteiger charge is -2.19. The molecule has 0 aliphatic rings. The first-order valence-electron chi connectivity index (χ1n) is 9.52. The third-order valence-electron chi connectivity index (χ3n) is 4.57. The van der Waals surface area contributed by atoms with Gasteiger partial charge in [0.25, 0.3) is 5.91 Å². The van der Waals surface area contributed by atoms with Gasteiger partial charge in [-0.1, -0.05) is 45.0 Å². The van der Waals surface area contributed by atoms with Gasteiger partial charge in [0.15, 0.2) is 0 Å². The van der Waals surface area contributed by atoms with E-state index in [1.54, 1.807) is 7.05 Å². The second kappa shape index (κ2) is 9.56. The predicted octanol–water partition coefficient (Wildman–Crippen LogP) is 4.24. The molecule has 0 aromatic heterocycles. The van der Waals surface area contributed by atoms with Crippen molar-refractivity contribution >= 4 is 5.91 Å². The molecule has 4 heteroatoms. The molecule has 0 aliphatic carbocycles. The molecule has 0 aliphatic heterocycles. The van der Waals surface area contributed by atoms with Gasteiger partial charge >= 0.3 is 0 Å². The van der Waals surface area contributed by atoms with Crippen molar-refractivity contribution in [2.24, 2.45) is 0 Å². The summed E-state index contributed by atoms with van der Waals surface area (Å²) in [5, 5.41) is 2.64. The molecular weight excluding hydrogens is 336 g/mol. The van der Waals surface area contributed by atoms with E-state index in [-0.39, 0.29) is 11.3 Å². The van der Waals surface area contributed by atoms with Crippen molar-refractivity contribution < 1.29 is 9.53 Å². The first kappa shape index (κ1) is 21.0. The lowest BCUT2D eigenvalue weighted by atomic mass is 9.87. The molecule has 146 valence electrons. The van der Waals surface area contributed by atoms with Gasteiger partial charge in [0, 0.05) is 25.7 Å². The molecule has 0 saturated carbocycles. The van der Waals surface area contributed by atoms with E-state index in [1.807, 2.05) is 24.3 Å². The number of benzene rings is 2. The molecule has 0 heterocycles. The number of rotatable bonds is 8. The minimum atomic E-state index is -0.0532. The summed E-state index contributed by atoms with van der Waals surface area (Å²) in [6.07, 6.45) is 0.966. The minimum absolute atomic E-state index is 0.0532. The number of carbonyl (C=O) groups excluding carboxylic acids is 1. The molecule has 0 fully saturated rings. The van der Waals surface area contributed by atoms with Crippen LogP contribution in [-0.4, -0.2) is 38.1 Å². The maximum absolute atomic E-state index is 11.6. The molecule has 27 heavy (non-hydrogen) atoms. The fraction of sp³-hybridized carbons (Fsp3) is 0.435. The van der Waals surface area contributed by atoms with E-state index in [9.17, 15) is 4.79 Å². The predicted molar refractivity (Wildman–Crippen MR) is 111 cm³/mol. The normalized spacial score (nSPS) is 11.5. The summed E-state index contributed by atoms with van der Waals surface area (Å²) in [6.45, 7) is 9.15. The topological polar surface area (TPSA) is 41.6 Å². The van der Waals surface area contributed by atoms with Crippen molar-refractivity contribution in [2.75, 3.05) is 27.2 Å². The molecule has 0 unspecified atom stereocenters. The van der Waals surface area contributed by atoms with Crippen molar-refractivity contribution in [1.82, 2.24) is 10.2 Å². The van der Waals surface area contributed by atoms with Crippen LogP contribution in [0.1, 0.15) is 48.7 Å². The minimum Gasteiger partial charge on any atom is -0.494 e.